The average molecular weight is 213 g/mol. The Morgan fingerprint density at radius 2 is 1.71 bits per heavy atom. The SMILES string of the molecule is FC(F)C(F)(F)CNC1CCCCC1. The smallest absolute Gasteiger partial charge is 0.308 e. The van der Waals surface area contributed by atoms with Gasteiger partial charge in [0.25, 0.3) is 0 Å². The first-order valence-corrected chi connectivity index (χ1v) is 4.92. The van der Waals surface area contributed by atoms with E-state index >= 15 is 0 Å². The highest BCUT2D eigenvalue weighted by Crippen LogP contribution is 2.23. The number of hydrogen-bond acceptors (Lipinski definition) is 1. The van der Waals surface area contributed by atoms with Crippen LogP contribution in [0.4, 0.5) is 17.6 Å². The maximum absolute atomic E-state index is 12.5. The van der Waals surface area contributed by atoms with Gasteiger partial charge in [-0.05, 0) is 12.8 Å². The van der Waals surface area contributed by atoms with Gasteiger partial charge in [0.1, 0.15) is 0 Å². The molecule has 0 amide bonds. The van der Waals surface area contributed by atoms with E-state index < -0.39 is 18.9 Å². The van der Waals surface area contributed by atoms with Gasteiger partial charge in [0.15, 0.2) is 0 Å². The summed E-state index contributed by atoms with van der Waals surface area (Å²) in [4.78, 5) is 0. The minimum absolute atomic E-state index is 0.00613. The minimum Gasteiger partial charge on any atom is -0.308 e. The summed E-state index contributed by atoms with van der Waals surface area (Å²) in [6, 6.07) is -0.00613. The van der Waals surface area contributed by atoms with Crippen molar-refractivity contribution in [3.63, 3.8) is 0 Å². The molecule has 0 bridgehead atoms. The predicted molar refractivity (Wildman–Crippen MR) is 45.8 cm³/mol. The molecule has 0 atom stereocenters. The first-order chi connectivity index (χ1) is 6.52. The molecule has 1 N–H and O–H groups in total. The van der Waals surface area contributed by atoms with E-state index in [0.29, 0.717) is 0 Å². The van der Waals surface area contributed by atoms with Gasteiger partial charge in [-0.3, -0.25) is 0 Å². The van der Waals surface area contributed by atoms with Gasteiger partial charge >= 0.3 is 12.3 Å². The Bertz CT molecular complexity index is 166. The molecule has 0 aromatic heterocycles. The van der Waals surface area contributed by atoms with Crippen LogP contribution in [-0.2, 0) is 0 Å². The Kier molecular flexibility index (Phi) is 4.16. The molecule has 1 nitrogen and oxygen atoms in total. The Balaban J connectivity index is 2.24. The number of rotatable bonds is 4. The average Bonchev–Trinajstić information content (AvgIpc) is 2.16. The molecule has 0 saturated heterocycles. The molecule has 0 radical (unpaired) electrons. The van der Waals surface area contributed by atoms with Crippen LogP contribution in [0.15, 0.2) is 0 Å². The molecule has 0 aromatic carbocycles. The molecule has 0 unspecified atom stereocenters. The van der Waals surface area contributed by atoms with Crippen molar-refractivity contribution < 1.29 is 17.6 Å². The molecule has 0 aliphatic heterocycles. The van der Waals surface area contributed by atoms with Crippen molar-refractivity contribution >= 4 is 0 Å². The lowest BCUT2D eigenvalue weighted by molar-refractivity contribution is -0.126. The van der Waals surface area contributed by atoms with Crippen molar-refractivity contribution in [1.82, 2.24) is 5.32 Å². The summed E-state index contributed by atoms with van der Waals surface area (Å²) in [5.74, 6) is -3.89. The fraction of sp³-hybridized carbons (Fsp3) is 1.00. The number of alkyl halides is 4. The fourth-order valence-electron chi connectivity index (χ4n) is 1.66. The summed E-state index contributed by atoms with van der Waals surface area (Å²) in [5.41, 5.74) is 0. The van der Waals surface area contributed by atoms with Gasteiger partial charge in [-0.15, -0.1) is 0 Å². The molecule has 5 heteroatoms. The number of nitrogens with one attached hydrogen (secondary N) is 1. The molecule has 14 heavy (non-hydrogen) atoms. The van der Waals surface area contributed by atoms with E-state index in [9.17, 15) is 17.6 Å². The van der Waals surface area contributed by atoms with Gasteiger partial charge in [-0.25, -0.2) is 8.78 Å². The van der Waals surface area contributed by atoms with Crippen LogP contribution in [0.1, 0.15) is 32.1 Å². The molecule has 0 aromatic rings. The molecular weight excluding hydrogens is 198 g/mol. The van der Waals surface area contributed by atoms with Crippen LogP contribution < -0.4 is 5.32 Å². The van der Waals surface area contributed by atoms with Crippen LogP contribution in [-0.4, -0.2) is 24.9 Å². The standard InChI is InChI=1S/C9H15F4N/c10-8(11)9(12,13)6-14-7-4-2-1-3-5-7/h7-8,14H,1-6H2. The molecule has 1 fully saturated rings. The monoisotopic (exact) mass is 213 g/mol. The first kappa shape index (κ1) is 11.8. The lowest BCUT2D eigenvalue weighted by atomic mass is 9.95. The van der Waals surface area contributed by atoms with Crippen LogP contribution >= 0.6 is 0 Å². The van der Waals surface area contributed by atoms with E-state index in [1.807, 2.05) is 0 Å². The third-order valence-corrected chi connectivity index (χ3v) is 2.55. The third-order valence-electron chi connectivity index (χ3n) is 2.55. The molecular formula is C9H15F4N. The quantitative estimate of drug-likeness (QED) is 0.708. The van der Waals surface area contributed by atoms with Gasteiger partial charge < -0.3 is 5.32 Å². The fourth-order valence-corrected chi connectivity index (χ4v) is 1.66. The van der Waals surface area contributed by atoms with Crippen molar-refractivity contribution in [3.05, 3.63) is 0 Å². The topological polar surface area (TPSA) is 12.0 Å². The summed E-state index contributed by atoms with van der Waals surface area (Å²) in [6.07, 6.45) is 1.18. The summed E-state index contributed by atoms with van der Waals surface area (Å²) in [6.45, 7) is -0.907. The lowest BCUT2D eigenvalue weighted by Gasteiger charge is -2.25. The second-order valence-corrected chi connectivity index (χ2v) is 3.78. The van der Waals surface area contributed by atoms with Crippen LogP contribution in [0.5, 0.6) is 0 Å². The largest absolute Gasteiger partial charge is 0.319 e. The summed E-state index contributed by atoms with van der Waals surface area (Å²) >= 11 is 0. The second-order valence-electron chi connectivity index (χ2n) is 3.78. The Morgan fingerprint density at radius 3 is 2.21 bits per heavy atom. The zero-order chi connectivity index (χ0) is 10.6. The number of halogens is 4. The maximum atomic E-state index is 12.5. The van der Waals surface area contributed by atoms with E-state index in [2.05, 4.69) is 5.32 Å². The Morgan fingerprint density at radius 1 is 1.14 bits per heavy atom. The third kappa shape index (κ3) is 3.44. The molecule has 1 rings (SSSR count). The van der Waals surface area contributed by atoms with E-state index in [-0.39, 0.29) is 6.04 Å². The van der Waals surface area contributed by atoms with Crippen LogP contribution in [0.2, 0.25) is 0 Å². The molecule has 1 aliphatic carbocycles. The van der Waals surface area contributed by atoms with Crippen molar-refractivity contribution in [2.75, 3.05) is 6.54 Å². The second kappa shape index (κ2) is 4.96. The van der Waals surface area contributed by atoms with E-state index in [4.69, 9.17) is 0 Å². The van der Waals surface area contributed by atoms with Gasteiger partial charge in [0.05, 0.1) is 6.54 Å². The van der Waals surface area contributed by atoms with Gasteiger partial charge in [0.2, 0.25) is 0 Å². The van der Waals surface area contributed by atoms with Crippen molar-refractivity contribution in [1.29, 1.82) is 0 Å². The van der Waals surface area contributed by atoms with Gasteiger partial charge in [0, 0.05) is 6.04 Å². The predicted octanol–water partition coefficient (Wildman–Crippen LogP) is 2.81. The summed E-state index contributed by atoms with van der Waals surface area (Å²) < 4.78 is 48.5. The lowest BCUT2D eigenvalue weighted by Crippen LogP contribution is -2.43. The van der Waals surface area contributed by atoms with Crippen LogP contribution in [0, 0.1) is 0 Å². The van der Waals surface area contributed by atoms with E-state index in [0.717, 1.165) is 32.1 Å². The summed E-state index contributed by atoms with van der Waals surface area (Å²) in [7, 11) is 0. The highest BCUT2D eigenvalue weighted by Gasteiger charge is 2.40. The molecule has 1 aliphatic rings. The molecule has 1 saturated carbocycles. The first-order valence-electron chi connectivity index (χ1n) is 4.92. The molecule has 84 valence electrons. The summed E-state index contributed by atoms with van der Waals surface area (Å²) in [5, 5.41) is 2.51. The van der Waals surface area contributed by atoms with Crippen LogP contribution in [0.25, 0.3) is 0 Å². The Labute approximate surface area is 80.9 Å². The highest BCUT2D eigenvalue weighted by molar-refractivity contribution is 4.78. The van der Waals surface area contributed by atoms with E-state index in [1.165, 1.54) is 0 Å². The highest BCUT2D eigenvalue weighted by atomic mass is 19.3. The van der Waals surface area contributed by atoms with Crippen molar-refractivity contribution in [2.24, 2.45) is 0 Å². The minimum atomic E-state index is -3.89. The van der Waals surface area contributed by atoms with Gasteiger partial charge in [-0.1, -0.05) is 19.3 Å². The zero-order valence-corrected chi connectivity index (χ0v) is 7.91. The normalized spacial score (nSPS) is 20.4. The number of hydrogen-bond donors (Lipinski definition) is 1. The van der Waals surface area contributed by atoms with Crippen molar-refractivity contribution in [2.45, 2.75) is 50.5 Å². The molecule has 0 heterocycles. The van der Waals surface area contributed by atoms with E-state index in [1.54, 1.807) is 0 Å². The van der Waals surface area contributed by atoms with Crippen LogP contribution in [0.3, 0.4) is 0 Å². The maximum Gasteiger partial charge on any atom is 0.319 e. The molecule has 0 spiro atoms. The Hall–Kier alpha value is -0.320. The van der Waals surface area contributed by atoms with Gasteiger partial charge in [-0.2, -0.15) is 8.78 Å². The van der Waals surface area contributed by atoms with Crippen molar-refractivity contribution in [3.8, 4) is 0 Å². The zero-order valence-electron chi connectivity index (χ0n) is 7.91.